The lowest BCUT2D eigenvalue weighted by atomic mass is 10.1. The third-order valence-corrected chi connectivity index (χ3v) is 4.26. The normalized spacial score (nSPS) is 10.6. The number of carbonyl (C=O) groups is 2. The Kier molecular flexibility index (Phi) is 5.52. The summed E-state index contributed by atoms with van der Waals surface area (Å²) in [6, 6.07) is 13.7. The Balaban J connectivity index is 1.84. The standard InChI is InChI=1S/C19H17ClN4O3/c1-21-18(26)17-14-4-2-3-5-15(14)19(27)24(23-17)11-16(25)22-10-12-6-8-13(20)9-7-12/h2-9H,10-11H2,1H3,(H,21,26)(H,22,25). The van der Waals surface area contributed by atoms with E-state index in [1.54, 1.807) is 48.5 Å². The summed E-state index contributed by atoms with van der Waals surface area (Å²) in [4.78, 5) is 37.0. The van der Waals surface area contributed by atoms with Crippen LogP contribution in [0.1, 0.15) is 16.1 Å². The van der Waals surface area contributed by atoms with E-state index in [1.165, 1.54) is 7.05 Å². The van der Waals surface area contributed by atoms with Crippen molar-refractivity contribution in [3.8, 4) is 0 Å². The van der Waals surface area contributed by atoms with Crippen LogP contribution in [0.4, 0.5) is 0 Å². The van der Waals surface area contributed by atoms with Crippen molar-refractivity contribution in [3.05, 3.63) is 75.2 Å². The summed E-state index contributed by atoms with van der Waals surface area (Å²) in [6.45, 7) is 0.00187. The van der Waals surface area contributed by atoms with Crippen LogP contribution in [0.2, 0.25) is 5.02 Å². The van der Waals surface area contributed by atoms with E-state index < -0.39 is 17.4 Å². The third kappa shape index (κ3) is 4.15. The molecule has 0 radical (unpaired) electrons. The number of benzene rings is 2. The molecule has 0 bridgehead atoms. The molecule has 8 heteroatoms. The molecule has 2 N–H and O–H groups in total. The Bertz CT molecular complexity index is 1060. The van der Waals surface area contributed by atoms with Gasteiger partial charge in [-0.1, -0.05) is 41.9 Å². The van der Waals surface area contributed by atoms with Gasteiger partial charge < -0.3 is 10.6 Å². The molecule has 7 nitrogen and oxygen atoms in total. The number of hydrogen-bond acceptors (Lipinski definition) is 4. The summed E-state index contributed by atoms with van der Waals surface area (Å²) >= 11 is 5.83. The number of fused-ring (bicyclic) bond motifs is 1. The largest absolute Gasteiger partial charge is 0.354 e. The molecular formula is C19H17ClN4O3. The quantitative estimate of drug-likeness (QED) is 0.700. The maximum atomic E-state index is 12.6. The van der Waals surface area contributed by atoms with Gasteiger partial charge in [-0.2, -0.15) is 5.10 Å². The van der Waals surface area contributed by atoms with Gasteiger partial charge in [0.1, 0.15) is 6.54 Å². The summed E-state index contributed by atoms with van der Waals surface area (Å²) in [7, 11) is 1.48. The van der Waals surface area contributed by atoms with Gasteiger partial charge in [-0.3, -0.25) is 14.4 Å². The minimum atomic E-state index is -0.431. The highest BCUT2D eigenvalue weighted by Gasteiger charge is 2.16. The number of amides is 2. The molecule has 27 heavy (non-hydrogen) atoms. The number of nitrogens with zero attached hydrogens (tertiary/aromatic N) is 2. The maximum Gasteiger partial charge on any atom is 0.275 e. The lowest BCUT2D eigenvalue weighted by molar-refractivity contribution is -0.122. The number of nitrogens with one attached hydrogen (secondary N) is 2. The number of aromatic nitrogens is 2. The second-order valence-corrected chi connectivity index (χ2v) is 6.28. The van der Waals surface area contributed by atoms with Crippen LogP contribution in [-0.2, 0) is 17.9 Å². The molecular weight excluding hydrogens is 368 g/mol. The molecule has 2 amide bonds. The van der Waals surface area contributed by atoms with E-state index >= 15 is 0 Å². The molecule has 3 aromatic rings. The van der Waals surface area contributed by atoms with Crippen LogP contribution in [0.15, 0.2) is 53.3 Å². The predicted molar refractivity (Wildman–Crippen MR) is 103 cm³/mol. The smallest absolute Gasteiger partial charge is 0.275 e. The van der Waals surface area contributed by atoms with Crippen molar-refractivity contribution in [1.82, 2.24) is 20.4 Å². The molecule has 1 heterocycles. The molecule has 0 aliphatic heterocycles. The Morgan fingerprint density at radius 3 is 2.41 bits per heavy atom. The van der Waals surface area contributed by atoms with Crippen molar-refractivity contribution < 1.29 is 9.59 Å². The van der Waals surface area contributed by atoms with E-state index in [1.807, 2.05) is 0 Å². The average molecular weight is 385 g/mol. The minimum absolute atomic E-state index is 0.0956. The van der Waals surface area contributed by atoms with Gasteiger partial charge in [0, 0.05) is 24.0 Å². The number of halogens is 1. The van der Waals surface area contributed by atoms with Gasteiger partial charge in [-0.15, -0.1) is 0 Å². The van der Waals surface area contributed by atoms with Gasteiger partial charge in [0.2, 0.25) is 5.91 Å². The molecule has 0 saturated heterocycles. The van der Waals surface area contributed by atoms with Crippen LogP contribution in [0.25, 0.3) is 10.8 Å². The fourth-order valence-electron chi connectivity index (χ4n) is 2.62. The Hall–Kier alpha value is -3.19. The predicted octanol–water partition coefficient (Wildman–Crippen LogP) is 1.73. The summed E-state index contributed by atoms with van der Waals surface area (Å²) in [5, 5.41) is 10.7. The van der Waals surface area contributed by atoms with Crippen molar-refractivity contribution in [2.75, 3.05) is 7.05 Å². The van der Waals surface area contributed by atoms with E-state index in [9.17, 15) is 14.4 Å². The molecule has 0 fully saturated rings. The summed E-state index contributed by atoms with van der Waals surface area (Å²) in [6.07, 6.45) is 0. The molecule has 0 aliphatic carbocycles. The van der Waals surface area contributed by atoms with E-state index in [2.05, 4.69) is 15.7 Å². The van der Waals surface area contributed by atoms with Gasteiger partial charge in [0.05, 0.1) is 5.39 Å². The molecule has 3 rings (SSSR count). The van der Waals surface area contributed by atoms with E-state index in [4.69, 9.17) is 11.6 Å². The second kappa shape index (κ2) is 8.01. The lowest BCUT2D eigenvalue weighted by Gasteiger charge is -2.10. The number of rotatable bonds is 5. The molecule has 0 atom stereocenters. The summed E-state index contributed by atoms with van der Waals surface area (Å²) in [5.74, 6) is -0.820. The highest BCUT2D eigenvalue weighted by atomic mass is 35.5. The molecule has 2 aromatic carbocycles. The average Bonchev–Trinajstić information content (AvgIpc) is 2.69. The van der Waals surface area contributed by atoms with Crippen LogP contribution in [0.5, 0.6) is 0 Å². The topological polar surface area (TPSA) is 93.1 Å². The van der Waals surface area contributed by atoms with Crippen LogP contribution in [-0.4, -0.2) is 28.6 Å². The van der Waals surface area contributed by atoms with Gasteiger partial charge in [-0.25, -0.2) is 4.68 Å². The Labute approximate surface area is 160 Å². The van der Waals surface area contributed by atoms with Gasteiger partial charge in [0.15, 0.2) is 5.69 Å². The van der Waals surface area contributed by atoms with E-state index in [0.29, 0.717) is 22.3 Å². The van der Waals surface area contributed by atoms with Gasteiger partial charge in [0.25, 0.3) is 11.5 Å². The first-order valence-electron chi connectivity index (χ1n) is 8.22. The van der Waals surface area contributed by atoms with E-state index in [0.717, 1.165) is 10.2 Å². The lowest BCUT2D eigenvalue weighted by Crippen LogP contribution is -2.35. The zero-order valence-electron chi connectivity index (χ0n) is 14.5. The molecule has 0 saturated carbocycles. The second-order valence-electron chi connectivity index (χ2n) is 5.84. The zero-order chi connectivity index (χ0) is 19.4. The number of hydrogen-bond donors (Lipinski definition) is 2. The molecule has 138 valence electrons. The van der Waals surface area contributed by atoms with Gasteiger partial charge >= 0.3 is 0 Å². The number of carbonyl (C=O) groups excluding carboxylic acids is 2. The first-order chi connectivity index (χ1) is 13.0. The molecule has 0 spiro atoms. The highest BCUT2D eigenvalue weighted by molar-refractivity contribution is 6.30. The minimum Gasteiger partial charge on any atom is -0.354 e. The van der Waals surface area contributed by atoms with Crippen LogP contribution < -0.4 is 16.2 Å². The Morgan fingerprint density at radius 2 is 1.74 bits per heavy atom. The van der Waals surface area contributed by atoms with Crippen molar-refractivity contribution >= 4 is 34.2 Å². The molecule has 1 aromatic heterocycles. The van der Waals surface area contributed by atoms with Crippen molar-refractivity contribution in [1.29, 1.82) is 0 Å². The fourth-order valence-corrected chi connectivity index (χ4v) is 2.75. The van der Waals surface area contributed by atoms with Crippen molar-refractivity contribution in [3.63, 3.8) is 0 Å². The van der Waals surface area contributed by atoms with Crippen molar-refractivity contribution in [2.45, 2.75) is 13.1 Å². The van der Waals surface area contributed by atoms with Crippen molar-refractivity contribution in [2.24, 2.45) is 0 Å². The SMILES string of the molecule is CNC(=O)c1nn(CC(=O)NCc2ccc(Cl)cc2)c(=O)c2ccccc12. The zero-order valence-corrected chi connectivity index (χ0v) is 15.3. The summed E-state index contributed by atoms with van der Waals surface area (Å²) in [5.41, 5.74) is 0.538. The highest BCUT2D eigenvalue weighted by Crippen LogP contribution is 2.13. The molecule has 0 aliphatic rings. The Morgan fingerprint density at radius 1 is 1.07 bits per heavy atom. The van der Waals surface area contributed by atoms with Crippen LogP contribution in [0.3, 0.4) is 0 Å². The van der Waals surface area contributed by atoms with E-state index in [-0.39, 0.29) is 12.2 Å². The summed E-state index contributed by atoms with van der Waals surface area (Å²) < 4.78 is 1.00. The third-order valence-electron chi connectivity index (χ3n) is 4.01. The monoisotopic (exact) mass is 384 g/mol. The van der Waals surface area contributed by atoms with Crippen LogP contribution in [0, 0.1) is 0 Å². The van der Waals surface area contributed by atoms with Gasteiger partial charge in [-0.05, 0) is 23.8 Å². The first kappa shape index (κ1) is 18.6. The fraction of sp³-hybridized carbons (Fsp3) is 0.158. The maximum absolute atomic E-state index is 12.6. The molecule has 0 unspecified atom stereocenters. The van der Waals surface area contributed by atoms with Crippen LogP contribution >= 0.6 is 11.6 Å². The first-order valence-corrected chi connectivity index (χ1v) is 8.60.